The maximum atomic E-state index is 11.5. The summed E-state index contributed by atoms with van der Waals surface area (Å²) in [6.45, 7) is 10.4. The molecule has 0 heterocycles. The number of carbonyl (C=O) groups excluding carboxylic acids is 1. The summed E-state index contributed by atoms with van der Waals surface area (Å²) in [5.41, 5.74) is 0. The van der Waals surface area contributed by atoms with Gasteiger partial charge in [0.15, 0.2) is 0 Å². The van der Waals surface area contributed by atoms with Gasteiger partial charge in [-0.25, -0.2) is 0 Å². The lowest BCUT2D eigenvalue weighted by Crippen LogP contribution is -2.37. The van der Waals surface area contributed by atoms with Gasteiger partial charge in [-0.1, -0.05) is 0 Å². The molecule has 0 saturated heterocycles. The zero-order valence-corrected chi connectivity index (χ0v) is 13.1. The van der Waals surface area contributed by atoms with E-state index in [-0.39, 0.29) is 37.9 Å². The summed E-state index contributed by atoms with van der Waals surface area (Å²) in [6.07, 6.45) is 0.343. The van der Waals surface area contributed by atoms with E-state index >= 15 is 0 Å². The first-order chi connectivity index (χ1) is 9.45. The molecule has 0 spiro atoms. The van der Waals surface area contributed by atoms with Crippen molar-refractivity contribution < 1.29 is 24.1 Å². The molecule has 20 heavy (non-hydrogen) atoms. The Labute approximate surface area is 122 Å². The minimum absolute atomic E-state index is 0.0393. The number of hydrogen-bond donors (Lipinski definition) is 1. The van der Waals surface area contributed by atoms with Crippen LogP contribution >= 0.6 is 0 Å². The van der Waals surface area contributed by atoms with Gasteiger partial charge in [0.05, 0.1) is 38.6 Å². The summed E-state index contributed by atoms with van der Waals surface area (Å²) in [4.78, 5) is 13.5. The lowest BCUT2D eigenvalue weighted by molar-refractivity contribution is -0.146. The van der Waals surface area contributed by atoms with E-state index in [0.29, 0.717) is 26.3 Å². The number of aliphatic hydroxyl groups excluding tert-OH is 1. The average molecular weight is 291 g/mol. The van der Waals surface area contributed by atoms with Crippen LogP contribution in [0, 0.1) is 0 Å². The molecule has 1 N–H and O–H groups in total. The van der Waals surface area contributed by atoms with Crippen LogP contribution in [0.4, 0.5) is 0 Å². The third-order valence-electron chi connectivity index (χ3n) is 2.42. The van der Waals surface area contributed by atoms with E-state index in [1.54, 1.807) is 0 Å². The molecule has 0 fully saturated rings. The SMILES string of the molecule is CC(C)OCCN(CCOC(C)C)CC(=O)OCCO. The van der Waals surface area contributed by atoms with E-state index in [4.69, 9.17) is 19.3 Å². The van der Waals surface area contributed by atoms with Crippen molar-refractivity contribution in [2.24, 2.45) is 0 Å². The summed E-state index contributed by atoms with van der Waals surface area (Å²) >= 11 is 0. The normalized spacial score (nSPS) is 11.6. The van der Waals surface area contributed by atoms with Crippen LogP contribution < -0.4 is 0 Å². The molecule has 0 rings (SSSR count). The van der Waals surface area contributed by atoms with Crippen molar-refractivity contribution in [2.75, 3.05) is 46.1 Å². The molecule has 0 saturated carbocycles. The molecule has 0 atom stereocenters. The van der Waals surface area contributed by atoms with Gasteiger partial charge in [-0.05, 0) is 27.7 Å². The summed E-state index contributed by atoms with van der Waals surface area (Å²) in [6, 6.07) is 0. The summed E-state index contributed by atoms with van der Waals surface area (Å²) in [5.74, 6) is -0.340. The molecule has 0 bridgehead atoms. The highest BCUT2D eigenvalue weighted by molar-refractivity contribution is 5.71. The Bertz CT molecular complexity index is 232. The second kappa shape index (κ2) is 12.1. The highest BCUT2D eigenvalue weighted by atomic mass is 16.5. The van der Waals surface area contributed by atoms with Crippen molar-refractivity contribution >= 4 is 5.97 Å². The van der Waals surface area contributed by atoms with Crippen molar-refractivity contribution in [3.63, 3.8) is 0 Å². The maximum absolute atomic E-state index is 11.5. The molecule has 0 aromatic rings. The van der Waals surface area contributed by atoms with Crippen LogP contribution in [0.25, 0.3) is 0 Å². The Morgan fingerprint density at radius 2 is 1.50 bits per heavy atom. The zero-order valence-electron chi connectivity index (χ0n) is 13.1. The minimum atomic E-state index is -0.340. The standard InChI is InChI=1S/C14H29NO5/c1-12(2)18-8-5-15(6-9-19-13(3)4)11-14(17)20-10-7-16/h12-13,16H,5-11H2,1-4H3. The molecule has 0 radical (unpaired) electrons. The Morgan fingerprint density at radius 3 is 1.90 bits per heavy atom. The van der Waals surface area contributed by atoms with Crippen LogP contribution in [0.15, 0.2) is 0 Å². The van der Waals surface area contributed by atoms with Crippen LogP contribution in [0.3, 0.4) is 0 Å². The van der Waals surface area contributed by atoms with Crippen LogP contribution in [-0.2, 0) is 19.0 Å². The van der Waals surface area contributed by atoms with Gasteiger partial charge in [-0.15, -0.1) is 0 Å². The number of aliphatic hydroxyl groups is 1. The number of ether oxygens (including phenoxy) is 3. The second-order valence-corrected chi connectivity index (χ2v) is 5.06. The van der Waals surface area contributed by atoms with Crippen molar-refractivity contribution in [1.82, 2.24) is 4.90 Å². The van der Waals surface area contributed by atoms with E-state index in [1.165, 1.54) is 0 Å². The molecular formula is C14H29NO5. The Kier molecular flexibility index (Phi) is 11.7. The number of nitrogens with zero attached hydrogens (tertiary/aromatic N) is 1. The van der Waals surface area contributed by atoms with E-state index < -0.39 is 0 Å². The third kappa shape index (κ3) is 12.3. The van der Waals surface area contributed by atoms with Gasteiger partial charge in [-0.2, -0.15) is 0 Å². The van der Waals surface area contributed by atoms with E-state index in [1.807, 2.05) is 32.6 Å². The number of rotatable bonds is 12. The van der Waals surface area contributed by atoms with Crippen molar-refractivity contribution in [1.29, 1.82) is 0 Å². The van der Waals surface area contributed by atoms with Gasteiger partial charge in [-0.3, -0.25) is 9.69 Å². The van der Waals surface area contributed by atoms with Gasteiger partial charge in [0.1, 0.15) is 6.61 Å². The average Bonchev–Trinajstić information content (AvgIpc) is 2.35. The zero-order chi connectivity index (χ0) is 15.4. The third-order valence-corrected chi connectivity index (χ3v) is 2.42. The molecule has 6 nitrogen and oxygen atoms in total. The number of hydrogen-bond acceptors (Lipinski definition) is 6. The molecule has 0 aromatic heterocycles. The Balaban J connectivity index is 4.05. The highest BCUT2D eigenvalue weighted by Gasteiger charge is 2.12. The molecule has 0 aliphatic carbocycles. The predicted molar refractivity (Wildman–Crippen MR) is 76.7 cm³/mol. The Morgan fingerprint density at radius 1 is 1.00 bits per heavy atom. The topological polar surface area (TPSA) is 68.2 Å². The molecule has 0 aromatic carbocycles. The van der Waals surface area contributed by atoms with Crippen molar-refractivity contribution in [3.8, 4) is 0 Å². The first-order valence-corrected chi connectivity index (χ1v) is 7.17. The van der Waals surface area contributed by atoms with Crippen LogP contribution in [0.5, 0.6) is 0 Å². The largest absolute Gasteiger partial charge is 0.462 e. The monoisotopic (exact) mass is 291 g/mol. The van der Waals surface area contributed by atoms with Crippen LogP contribution in [0.2, 0.25) is 0 Å². The smallest absolute Gasteiger partial charge is 0.320 e. The van der Waals surface area contributed by atoms with Crippen LogP contribution in [-0.4, -0.2) is 74.2 Å². The summed E-state index contributed by atoms with van der Waals surface area (Å²) in [5, 5.41) is 8.62. The highest BCUT2D eigenvalue weighted by Crippen LogP contribution is 1.96. The van der Waals surface area contributed by atoms with E-state index in [9.17, 15) is 4.79 Å². The molecule has 0 aliphatic heterocycles. The lowest BCUT2D eigenvalue weighted by Gasteiger charge is -2.22. The first kappa shape index (κ1) is 19.3. The summed E-state index contributed by atoms with van der Waals surface area (Å²) in [7, 11) is 0. The van der Waals surface area contributed by atoms with Gasteiger partial charge in [0.2, 0.25) is 0 Å². The fourth-order valence-corrected chi connectivity index (χ4v) is 1.49. The molecule has 0 unspecified atom stereocenters. The molecular weight excluding hydrogens is 262 g/mol. The maximum Gasteiger partial charge on any atom is 0.320 e. The van der Waals surface area contributed by atoms with E-state index in [0.717, 1.165) is 0 Å². The molecule has 6 heteroatoms. The summed E-state index contributed by atoms with van der Waals surface area (Å²) < 4.78 is 15.8. The molecule has 0 aliphatic rings. The Hall–Kier alpha value is -0.690. The lowest BCUT2D eigenvalue weighted by atomic mass is 10.4. The van der Waals surface area contributed by atoms with Gasteiger partial charge < -0.3 is 19.3 Å². The predicted octanol–water partition coefficient (Wildman–Crippen LogP) is 0.674. The second-order valence-electron chi connectivity index (χ2n) is 5.06. The number of esters is 1. The molecule has 0 amide bonds. The molecule has 120 valence electrons. The quantitative estimate of drug-likeness (QED) is 0.533. The minimum Gasteiger partial charge on any atom is -0.462 e. The van der Waals surface area contributed by atoms with Gasteiger partial charge in [0.25, 0.3) is 0 Å². The van der Waals surface area contributed by atoms with Gasteiger partial charge >= 0.3 is 5.97 Å². The fourth-order valence-electron chi connectivity index (χ4n) is 1.49. The fraction of sp³-hybridized carbons (Fsp3) is 0.929. The first-order valence-electron chi connectivity index (χ1n) is 7.17. The van der Waals surface area contributed by atoms with Crippen molar-refractivity contribution in [3.05, 3.63) is 0 Å². The number of carbonyl (C=O) groups is 1. The van der Waals surface area contributed by atoms with Crippen molar-refractivity contribution in [2.45, 2.75) is 39.9 Å². The van der Waals surface area contributed by atoms with Crippen LogP contribution in [0.1, 0.15) is 27.7 Å². The van der Waals surface area contributed by atoms with E-state index in [2.05, 4.69) is 0 Å². The van der Waals surface area contributed by atoms with Gasteiger partial charge in [0, 0.05) is 13.1 Å².